The van der Waals surface area contributed by atoms with Crippen LogP contribution in [-0.2, 0) is 0 Å². The van der Waals surface area contributed by atoms with Gasteiger partial charge in [-0.05, 0) is 52.7 Å². The fourth-order valence-electron chi connectivity index (χ4n) is 2.10. The standard InChI is InChI=1S/C15H10Br2N2OS/c1-9-4-11(16)2-3-13(9)19-6-10(7-20)15(18-19)14-5-12(17)8-21-14/h2-8H,1H3. The molecule has 1 aromatic carbocycles. The predicted octanol–water partition coefficient (Wildman–Crippen LogP) is 5.25. The van der Waals surface area contributed by atoms with E-state index in [1.165, 1.54) is 0 Å². The molecule has 0 fully saturated rings. The summed E-state index contributed by atoms with van der Waals surface area (Å²) < 4.78 is 3.77. The van der Waals surface area contributed by atoms with E-state index >= 15 is 0 Å². The van der Waals surface area contributed by atoms with Gasteiger partial charge in [-0.1, -0.05) is 15.9 Å². The number of aromatic nitrogens is 2. The molecule has 0 bridgehead atoms. The van der Waals surface area contributed by atoms with E-state index in [0.29, 0.717) is 11.3 Å². The van der Waals surface area contributed by atoms with Gasteiger partial charge in [0.25, 0.3) is 0 Å². The molecule has 6 heteroatoms. The van der Waals surface area contributed by atoms with Crippen molar-refractivity contribution in [3.05, 3.63) is 55.9 Å². The second-order valence-corrected chi connectivity index (χ2v) is 7.30. The van der Waals surface area contributed by atoms with Crippen LogP contribution in [0.5, 0.6) is 0 Å². The van der Waals surface area contributed by atoms with Crippen molar-refractivity contribution in [2.24, 2.45) is 0 Å². The molecule has 3 nitrogen and oxygen atoms in total. The molecule has 0 saturated heterocycles. The van der Waals surface area contributed by atoms with Crippen LogP contribution >= 0.6 is 43.2 Å². The lowest BCUT2D eigenvalue weighted by atomic mass is 10.2. The molecule has 3 rings (SSSR count). The minimum absolute atomic E-state index is 0.590. The van der Waals surface area contributed by atoms with Gasteiger partial charge in [0.2, 0.25) is 0 Å². The number of carbonyl (C=O) groups excluding carboxylic acids is 1. The Kier molecular flexibility index (Phi) is 4.10. The average Bonchev–Trinajstić information content (AvgIpc) is 3.04. The van der Waals surface area contributed by atoms with Crippen molar-refractivity contribution in [1.82, 2.24) is 9.78 Å². The van der Waals surface area contributed by atoms with Crippen LogP contribution in [0, 0.1) is 6.92 Å². The normalized spacial score (nSPS) is 10.8. The Morgan fingerprint density at radius 3 is 2.67 bits per heavy atom. The highest BCUT2D eigenvalue weighted by atomic mass is 79.9. The molecular weight excluding hydrogens is 416 g/mol. The smallest absolute Gasteiger partial charge is 0.153 e. The first-order valence-corrected chi connectivity index (χ1v) is 8.61. The highest BCUT2D eigenvalue weighted by molar-refractivity contribution is 9.10. The number of halogens is 2. The molecule has 0 saturated carbocycles. The Balaban J connectivity index is 2.13. The number of hydrogen-bond acceptors (Lipinski definition) is 3. The van der Waals surface area contributed by atoms with Gasteiger partial charge in [0, 0.05) is 20.5 Å². The topological polar surface area (TPSA) is 34.9 Å². The van der Waals surface area contributed by atoms with Crippen molar-refractivity contribution in [1.29, 1.82) is 0 Å². The van der Waals surface area contributed by atoms with E-state index in [4.69, 9.17) is 0 Å². The minimum Gasteiger partial charge on any atom is -0.298 e. The Morgan fingerprint density at radius 1 is 1.24 bits per heavy atom. The summed E-state index contributed by atoms with van der Waals surface area (Å²) in [5.74, 6) is 0. The van der Waals surface area contributed by atoms with Crippen molar-refractivity contribution >= 4 is 49.5 Å². The largest absolute Gasteiger partial charge is 0.298 e. The van der Waals surface area contributed by atoms with Gasteiger partial charge >= 0.3 is 0 Å². The molecular formula is C15H10Br2N2OS. The van der Waals surface area contributed by atoms with E-state index in [1.54, 1.807) is 22.2 Å². The lowest BCUT2D eigenvalue weighted by Gasteiger charge is -2.05. The zero-order valence-electron chi connectivity index (χ0n) is 11.0. The summed E-state index contributed by atoms with van der Waals surface area (Å²) >= 11 is 8.44. The molecule has 0 aliphatic rings. The molecule has 0 atom stereocenters. The fourth-order valence-corrected chi connectivity index (χ4v) is 4.01. The molecule has 0 N–H and O–H groups in total. The third-order valence-corrected chi connectivity index (χ3v) is 5.27. The fraction of sp³-hybridized carbons (Fsp3) is 0.0667. The van der Waals surface area contributed by atoms with Crippen LogP contribution < -0.4 is 0 Å². The maximum absolute atomic E-state index is 11.3. The first-order valence-electron chi connectivity index (χ1n) is 6.14. The Morgan fingerprint density at radius 2 is 2.05 bits per heavy atom. The van der Waals surface area contributed by atoms with Crippen molar-refractivity contribution in [2.75, 3.05) is 0 Å². The average molecular weight is 426 g/mol. The summed E-state index contributed by atoms with van der Waals surface area (Å²) in [5.41, 5.74) is 3.35. The monoisotopic (exact) mass is 424 g/mol. The third-order valence-electron chi connectivity index (χ3n) is 3.08. The first-order chi connectivity index (χ1) is 10.1. The lowest BCUT2D eigenvalue weighted by molar-refractivity contribution is 0.112. The number of benzene rings is 1. The molecule has 0 aliphatic heterocycles. The van der Waals surface area contributed by atoms with Gasteiger partial charge in [0.05, 0.1) is 16.1 Å². The number of aryl methyl sites for hydroxylation is 1. The molecule has 0 aliphatic carbocycles. The van der Waals surface area contributed by atoms with Gasteiger partial charge in [-0.2, -0.15) is 5.10 Å². The highest BCUT2D eigenvalue weighted by Crippen LogP contribution is 2.31. The molecule has 0 unspecified atom stereocenters. The van der Waals surface area contributed by atoms with Gasteiger partial charge < -0.3 is 0 Å². The molecule has 2 heterocycles. The van der Waals surface area contributed by atoms with Gasteiger partial charge in [0.1, 0.15) is 5.69 Å². The Bertz CT molecular complexity index is 823. The predicted molar refractivity (Wildman–Crippen MR) is 92.4 cm³/mol. The van der Waals surface area contributed by atoms with Crippen LogP contribution in [0.4, 0.5) is 0 Å². The Hall–Kier alpha value is -1.24. The minimum atomic E-state index is 0.590. The molecule has 3 aromatic rings. The van der Waals surface area contributed by atoms with Crippen molar-refractivity contribution in [3.8, 4) is 16.3 Å². The number of carbonyl (C=O) groups is 1. The van der Waals surface area contributed by atoms with Crippen molar-refractivity contribution in [2.45, 2.75) is 6.92 Å². The third kappa shape index (κ3) is 2.88. The van der Waals surface area contributed by atoms with E-state index in [0.717, 1.165) is 31.4 Å². The molecule has 106 valence electrons. The SMILES string of the molecule is Cc1cc(Br)ccc1-n1cc(C=O)c(-c2cc(Br)cs2)n1. The molecule has 2 aromatic heterocycles. The number of hydrogen-bond donors (Lipinski definition) is 0. The van der Waals surface area contributed by atoms with Crippen LogP contribution in [-0.4, -0.2) is 16.1 Å². The van der Waals surface area contributed by atoms with Crippen molar-refractivity contribution < 1.29 is 4.79 Å². The van der Waals surface area contributed by atoms with Gasteiger partial charge in [-0.15, -0.1) is 11.3 Å². The molecule has 0 spiro atoms. The highest BCUT2D eigenvalue weighted by Gasteiger charge is 2.14. The quantitative estimate of drug-likeness (QED) is 0.537. The number of nitrogens with zero attached hydrogens (tertiary/aromatic N) is 2. The molecule has 0 radical (unpaired) electrons. The van der Waals surface area contributed by atoms with Crippen LogP contribution in [0.25, 0.3) is 16.3 Å². The van der Waals surface area contributed by atoms with Gasteiger partial charge in [-0.25, -0.2) is 4.68 Å². The van der Waals surface area contributed by atoms with Crippen LogP contribution in [0.1, 0.15) is 15.9 Å². The van der Waals surface area contributed by atoms with E-state index in [2.05, 4.69) is 37.0 Å². The maximum Gasteiger partial charge on any atom is 0.153 e. The summed E-state index contributed by atoms with van der Waals surface area (Å²) in [7, 11) is 0. The maximum atomic E-state index is 11.3. The van der Waals surface area contributed by atoms with E-state index in [9.17, 15) is 4.79 Å². The van der Waals surface area contributed by atoms with Crippen LogP contribution in [0.2, 0.25) is 0 Å². The summed E-state index contributed by atoms with van der Waals surface area (Å²) in [6.45, 7) is 2.02. The van der Waals surface area contributed by atoms with E-state index < -0.39 is 0 Å². The summed E-state index contributed by atoms with van der Waals surface area (Å²) in [4.78, 5) is 12.3. The number of thiophene rings is 1. The molecule has 0 amide bonds. The summed E-state index contributed by atoms with van der Waals surface area (Å²) in [6, 6.07) is 7.94. The van der Waals surface area contributed by atoms with Gasteiger partial charge in [-0.3, -0.25) is 4.79 Å². The van der Waals surface area contributed by atoms with Crippen LogP contribution in [0.3, 0.4) is 0 Å². The zero-order chi connectivity index (χ0) is 15.0. The van der Waals surface area contributed by atoms with Crippen molar-refractivity contribution in [3.63, 3.8) is 0 Å². The molecule has 21 heavy (non-hydrogen) atoms. The Labute approximate surface area is 142 Å². The second-order valence-electron chi connectivity index (χ2n) is 4.56. The van der Waals surface area contributed by atoms with E-state index in [1.807, 2.05) is 36.6 Å². The lowest BCUT2D eigenvalue weighted by Crippen LogP contribution is -1.97. The second kappa shape index (κ2) is 5.87. The first kappa shape index (κ1) is 14.7. The number of rotatable bonds is 3. The van der Waals surface area contributed by atoms with Gasteiger partial charge in [0.15, 0.2) is 6.29 Å². The number of aldehydes is 1. The zero-order valence-corrected chi connectivity index (χ0v) is 15.0. The summed E-state index contributed by atoms with van der Waals surface area (Å²) in [5, 5.41) is 6.57. The van der Waals surface area contributed by atoms with E-state index in [-0.39, 0.29) is 0 Å². The van der Waals surface area contributed by atoms with Crippen LogP contribution in [0.15, 0.2) is 44.8 Å². The summed E-state index contributed by atoms with van der Waals surface area (Å²) in [6.07, 6.45) is 2.62.